The predicted octanol–water partition coefficient (Wildman–Crippen LogP) is 4.11. The summed E-state index contributed by atoms with van der Waals surface area (Å²) in [6.45, 7) is 11.1. The standard InChI is InChI=1S/C16H23N3S/c1-5-13-17-15(19-8-6-7-10(2)9-19)14-11(3)12(4)20-16(14)18-13/h10H,5-9H2,1-4H3. The lowest BCUT2D eigenvalue weighted by atomic mass is 10.00. The zero-order chi connectivity index (χ0) is 14.3. The number of rotatable bonds is 2. The molecule has 20 heavy (non-hydrogen) atoms. The number of thiophene rings is 1. The van der Waals surface area contributed by atoms with Gasteiger partial charge in [-0.1, -0.05) is 13.8 Å². The van der Waals surface area contributed by atoms with Crippen LogP contribution in [0.5, 0.6) is 0 Å². The van der Waals surface area contributed by atoms with Crippen molar-refractivity contribution in [2.45, 2.75) is 47.0 Å². The molecule has 0 radical (unpaired) electrons. The summed E-state index contributed by atoms with van der Waals surface area (Å²) in [7, 11) is 0. The van der Waals surface area contributed by atoms with Gasteiger partial charge in [0.2, 0.25) is 0 Å². The molecule has 1 atom stereocenters. The highest BCUT2D eigenvalue weighted by atomic mass is 32.1. The molecule has 0 saturated carbocycles. The van der Waals surface area contributed by atoms with E-state index in [1.54, 1.807) is 0 Å². The first-order chi connectivity index (χ1) is 9.60. The molecular formula is C16H23N3S. The Labute approximate surface area is 125 Å². The predicted molar refractivity (Wildman–Crippen MR) is 86.9 cm³/mol. The lowest BCUT2D eigenvalue weighted by molar-refractivity contribution is 0.445. The fraction of sp³-hybridized carbons (Fsp3) is 0.625. The van der Waals surface area contributed by atoms with Gasteiger partial charge in [0.15, 0.2) is 0 Å². The van der Waals surface area contributed by atoms with Crippen LogP contribution in [0.25, 0.3) is 10.2 Å². The summed E-state index contributed by atoms with van der Waals surface area (Å²) in [5, 5.41) is 1.29. The molecule has 0 aliphatic carbocycles. The molecule has 0 N–H and O–H groups in total. The van der Waals surface area contributed by atoms with E-state index >= 15 is 0 Å². The molecule has 108 valence electrons. The van der Waals surface area contributed by atoms with Gasteiger partial charge in [-0.3, -0.25) is 0 Å². The third-order valence-corrected chi connectivity index (χ3v) is 5.43. The number of hydrogen-bond acceptors (Lipinski definition) is 4. The number of aromatic nitrogens is 2. The molecule has 1 aliphatic heterocycles. The smallest absolute Gasteiger partial charge is 0.141 e. The van der Waals surface area contributed by atoms with Crippen molar-refractivity contribution in [2.24, 2.45) is 5.92 Å². The van der Waals surface area contributed by atoms with Gasteiger partial charge in [-0.25, -0.2) is 9.97 Å². The van der Waals surface area contributed by atoms with E-state index in [-0.39, 0.29) is 0 Å². The number of nitrogens with zero attached hydrogens (tertiary/aromatic N) is 3. The van der Waals surface area contributed by atoms with Crippen LogP contribution in [0, 0.1) is 19.8 Å². The van der Waals surface area contributed by atoms with Gasteiger partial charge in [0.25, 0.3) is 0 Å². The molecule has 1 aliphatic rings. The SMILES string of the molecule is CCc1nc(N2CCCC(C)C2)c2c(C)c(C)sc2n1. The minimum atomic E-state index is 0.763. The Kier molecular flexibility index (Phi) is 3.67. The molecule has 3 nitrogen and oxygen atoms in total. The summed E-state index contributed by atoms with van der Waals surface area (Å²) in [5.41, 5.74) is 1.36. The van der Waals surface area contributed by atoms with Crippen molar-refractivity contribution in [3.63, 3.8) is 0 Å². The first-order valence-electron chi connectivity index (χ1n) is 7.61. The quantitative estimate of drug-likeness (QED) is 0.833. The number of aryl methyl sites for hydroxylation is 3. The molecule has 2 aromatic heterocycles. The maximum absolute atomic E-state index is 4.87. The monoisotopic (exact) mass is 289 g/mol. The third kappa shape index (κ3) is 2.30. The zero-order valence-corrected chi connectivity index (χ0v) is 13.7. The van der Waals surface area contributed by atoms with Crippen molar-refractivity contribution < 1.29 is 0 Å². The van der Waals surface area contributed by atoms with E-state index in [2.05, 4.69) is 32.6 Å². The average molecular weight is 289 g/mol. The molecule has 0 amide bonds. The second-order valence-corrected chi connectivity index (χ2v) is 7.18. The van der Waals surface area contributed by atoms with Gasteiger partial charge in [-0.2, -0.15) is 0 Å². The number of fused-ring (bicyclic) bond motifs is 1. The molecule has 4 heteroatoms. The maximum atomic E-state index is 4.87. The number of anilines is 1. The van der Waals surface area contributed by atoms with Gasteiger partial charge in [-0.05, 0) is 38.2 Å². The van der Waals surface area contributed by atoms with Crippen LogP contribution in [0.2, 0.25) is 0 Å². The van der Waals surface area contributed by atoms with E-state index in [1.165, 1.54) is 39.3 Å². The molecule has 2 aromatic rings. The van der Waals surface area contributed by atoms with Crippen molar-refractivity contribution in [1.29, 1.82) is 0 Å². The van der Waals surface area contributed by atoms with Crippen LogP contribution in [0.3, 0.4) is 0 Å². The molecule has 0 spiro atoms. The highest BCUT2D eigenvalue weighted by Crippen LogP contribution is 2.36. The maximum Gasteiger partial charge on any atom is 0.141 e. The first-order valence-corrected chi connectivity index (χ1v) is 8.43. The molecule has 3 rings (SSSR count). The van der Waals surface area contributed by atoms with Crippen LogP contribution in [0.15, 0.2) is 0 Å². The van der Waals surface area contributed by atoms with Crippen molar-refractivity contribution in [1.82, 2.24) is 9.97 Å². The molecule has 0 aromatic carbocycles. The lowest BCUT2D eigenvalue weighted by Crippen LogP contribution is -2.35. The van der Waals surface area contributed by atoms with Gasteiger partial charge in [-0.15, -0.1) is 11.3 Å². The van der Waals surface area contributed by atoms with Gasteiger partial charge in [0, 0.05) is 24.4 Å². The van der Waals surface area contributed by atoms with Crippen molar-refractivity contribution in [3.8, 4) is 0 Å². The Hall–Kier alpha value is -1.16. The Balaban J connectivity index is 2.16. The van der Waals surface area contributed by atoms with E-state index in [0.717, 1.165) is 31.3 Å². The summed E-state index contributed by atoms with van der Waals surface area (Å²) in [4.78, 5) is 14.6. The van der Waals surface area contributed by atoms with Crippen LogP contribution in [0.1, 0.15) is 43.0 Å². The second-order valence-electron chi connectivity index (χ2n) is 5.97. The van der Waals surface area contributed by atoms with E-state index in [0.29, 0.717) is 0 Å². The normalized spacial score (nSPS) is 19.8. The highest BCUT2D eigenvalue weighted by molar-refractivity contribution is 7.18. The molecular weight excluding hydrogens is 266 g/mol. The summed E-state index contributed by atoms with van der Waals surface area (Å²) in [5.74, 6) is 2.92. The van der Waals surface area contributed by atoms with Crippen LogP contribution in [-0.2, 0) is 6.42 Å². The first kappa shape index (κ1) is 13.8. The topological polar surface area (TPSA) is 29.0 Å². The van der Waals surface area contributed by atoms with Gasteiger partial charge < -0.3 is 4.90 Å². The van der Waals surface area contributed by atoms with Crippen molar-refractivity contribution >= 4 is 27.4 Å². The van der Waals surface area contributed by atoms with Crippen LogP contribution >= 0.6 is 11.3 Å². The lowest BCUT2D eigenvalue weighted by Gasteiger charge is -2.32. The van der Waals surface area contributed by atoms with E-state index in [4.69, 9.17) is 9.97 Å². The molecule has 1 saturated heterocycles. The minimum Gasteiger partial charge on any atom is -0.356 e. The number of hydrogen-bond donors (Lipinski definition) is 0. The molecule has 0 bridgehead atoms. The third-order valence-electron chi connectivity index (χ3n) is 4.33. The van der Waals surface area contributed by atoms with Crippen LogP contribution in [-0.4, -0.2) is 23.1 Å². The van der Waals surface area contributed by atoms with Crippen LogP contribution in [0.4, 0.5) is 5.82 Å². The minimum absolute atomic E-state index is 0.763. The molecule has 3 heterocycles. The van der Waals surface area contributed by atoms with Crippen molar-refractivity contribution in [3.05, 3.63) is 16.3 Å². The Morgan fingerprint density at radius 1 is 1.30 bits per heavy atom. The highest BCUT2D eigenvalue weighted by Gasteiger charge is 2.22. The van der Waals surface area contributed by atoms with Crippen LogP contribution < -0.4 is 4.90 Å². The summed E-state index contributed by atoms with van der Waals surface area (Å²) >= 11 is 1.81. The van der Waals surface area contributed by atoms with E-state index in [9.17, 15) is 0 Å². The van der Waals surface area contributed by atoms with E-state index in [1.807, 2.05) is 11.3 Å². The zero-order valence-electron chi connectivity index (χ0n) is 12.9. The van der Waals surface area contributed by atoms with Crippen molar-refractivity contribution in [2.75, 3.05) is 18.0 Å². The van der Waals surface area contributed by atoms with Gasteiger partial charge in [0.05, 0.1) is 5.39 Å². The molecule has 1 unspecified atom stereocenters. The number of piperidine rings is 1. The summed E-state index contributed by atoms with van der Waals surface area (Å²) in [6.07, 6.45) is 3.52. The van der Waals surface area contributed by atoms with E-state index < -0.39 is 0 Å². The molecule has 1 fully saturated rings. The fourth-order valence-electron chi connectivity index (χ4n) is 3.04. The Bertz CT molecular complexity index is 632. The van der Waals surface area contributed by atoms with Gasteiger partial charge >= 0.3 is 0 Å². The Morgan fingerprint density at radius 3 is 2.80 bits per heavy atom. The second kappa shape index (κ2) is 5.32. The Morgan fingerprint density at radius 2 is 2.10 bits per heavy atom. The summed E-state index contributed by atoms with van der Waals surface area (Å²) in [6, 6.07) is 0. The van der Waals surface area contributed by atoms with Gasteiger partial charge in [0.1, 0.15) is 16.5 Å². The largest absolute Gasteiger partial charge is 0.356 e. The summed E-state index contributed by atoms with van der Waals surface area (Å²) < 4.78 is 0. The fourth-order valence-corrected chi connectivity index (χ4v) is 4.08. The average Bonchev–Trinajstić information content (AvgIpc) is 2.73.